The second kappa shape index (κ2) is 3.81. The fourth-order valence-corrected chi connectivity index (χ4v) is 1.70. The molecule has 78 valence electrons. The van der Waals surface area contributed by atoms with Crippen LogP contribution >= 0.6 is 0 Å². The van der Waals surface area contributed by atoms with Gasteiger partial charge in [0.15, 0.2) is 0 Å². The van der Waals surface area contributed by atoms with E-state index in [9.17, 15) is 14.0 Å². The number of benzene rings is 1. The Morgan fingerprint density at radius 1 is 1.33 bits per heavy atom. The predicted molar refractivity (Wildman–Crippen MR) is 52.9 cm³/mol. The van der Waals surface area contributed by atoms with Gasteiger partial charge in [0.2, 0.25) is 5.91 Å². The first-order chi connectivity index (χ1) is 7.20. The lowest BCUT2D eigenvalue weighted by Crippen LogP contribution is -2.24. The first-order valence-electron chi connectivity index (χ1n) is 4.72. The summed E-state index contributed by atoms with van der Waals surface area (Å²) in [5.74, 6) is -0.654. The van der Waals surface area contributed by atoms with Gasteiger partial charge in [0.1, 0.15) is 12.1 Å². The van der Waals surface area contributed by atoms with Crippen LogP contribution < -0.4 is 4.90 Å². The van der Waals surface area contributed by atoms with Crippen LogP contribution in [0.3, 0.4) is 0 Å². The number of carbonyl (C=O) groups excluding carboxylic acids is 2. The highest BCUT2D eigenvalue weighted by Crippen LogP contribution is 2.23. The Bertz CT molecular complexity index is 388. The molecule has 4 heteroatoms. The Balaban J connectivity index is 2.21. The first-order valence-corrected chi connectivity index (χ1v) is 4.72. The van der Waals surface area contributed by atoms with Crippen LogP contribution in [0.15, 0.2) is 24.3 Å². The SMILES string of the molecule is O=CC1CC(=O)N(c2ccc(F)cc2)C1. The van der Waals surface area contributed by atoms with Gasteiger partial charge in [0.05, 0.1) is 0 Å². The van der Waals surface area contributed by atoms with E-state index in [0.717, 1.165) is 6.29 Å². The zero-order valence-electron chi connectivity index (χ0n) is 8.02. The molecule has 1 aliphatic rings. The maximum Gasteiger partial charge on any atom is 0.227 e. The predicted octanol–water partition coefficient (Wildman–Crippen LogP) is 1.38. The fraction of sp³-hybridized carbons (Fsp3) is 0.273. The number of hydrogen-bond donors (Lipinski definition) is 0. The molecule has 0 bridgehead atoms. The van der Waals surface area contributed by atoms with Gasteiger partial charge in [-0.25, -0.2) is 4.39 Å². The van der Waals surface area contributed by atoms with Crippen molar-refractivity contribution in [3.63, 3.8) is 0 Å². The highest BCUT2D eigenvalue weighted by molar-refractivity contribution is 5.97. The lowest BCUT2D eigenvalue weighted by molar-refractivity contribution is -0.119. The molecule has 1 saturated heterocycles. The quantitative estimate of drug-likeness (QED) is 0.687. The number of aldehydes is 1. The fourth-order valence-electron chi connectivity index (χ4n) is 1.70. The van der Waals surface area contributed by atoms with E-state index in [1.165, 1.54) is 17.0 Å². The Kier molecular flexibility index (Phi) is 2.49. The normalized spacial score (nSPS) is 20.7. The second-order valence-corrected chi connectivity index (χ2v) is 3.58. The topological polar surface area (TPSA) is 37.4 Å². The van der Waals surface area contributed by atoms with Crippen molar-refractivity contribution in [2.45, 2.75) is 6.42 Å². The van der Waals surface area contributed by atoms with Crippen LogP contribution in [-0.2, 0) is 9.59 Å². The van der Waals surface area contributed by atoms with Crippen LogP contribution in [0.4, 0.5) is 10.1 Å². The standard InChI is InChI=1S/C11H10FNO2/c12-9-1-3-10(4-2-9)13-6-8(7-14)5-11(13)15/h1-4,7-8H,5-6H2. The van der Waals surface area contributed by atoms with Crippen LogP contribution in [0.5, 0.6) is 0 Å². The van der Waals surface area contributed by atoms with Crippen LogP contribution in [-0.4, -0.2) is 18.7 Å². The zero-order valence-corrected chi connectivity index (χ0v) is 8.02. The number of nitrogens with zero attached hydrogens (tertiary/aromatic N) is 1. The van der Waals surface area contributed by atoms with Crippen LogP contribution in [0.25, 0.3) is 0 Å². The molecule has 0 spiro atoms. The van der Waals surface area contributed by atoms with Gasteiger partial charge in [-0.1, -0.05) is 0 Å². The maximum atomic E-state index is 12.7. The van der Waals surface area contributed by atoms with E-state index in [0.29, 0.717) is 12.2 Å². The molecular formula is C11H10FNO2. The molecule has 3 nitrogen and oxygen atoms in total. The third kappa shape index (κ3) is 1.88. The molecule has 1 atom stereocenters. The minimum Gasteiger partial charge on any atom is -0.312 e. The van der Waals surface area contributed by atoms with Crippen LogP contribution in [0.2, 0.25) is 0 Å². The number of halogens is 1. The molecule has 1 unspecified atom stereocenters. The average Bonchev–Trinajstić information content (AvgIpc) is 2.61. The van der Waals surface area contributed by atoms with Gasteiger partial charge in [-0.2, -0.15) is 0 Å². The largest absolute Gasteiger partial charge is 0.312 e. The van der Waals surface area contributed by atoms with Crippen molar-refractivity contribution in [2.24, 2.45) is 5.92 Å². The number of carbonyl (C=O) groups is 2. The number of amides is 1. The summed E-state index contributed by atoms with van der Waals surface area (Å²) in [7, 11) is 0. The van der Waals surface area contributed by atoms with Gasteiger partial charge >= 0.3 is 0 Å². The zero-order chi connectivity index (χ0) is 10.8. The molecule has 0 saturated carbocycles. The first kappa shape index (κ1) is 9.83. The third-order valence-corrected chi connectivity index (χ3v) is 2.49. The van der Waals surface area contributed by atoms with Gasteiger partial charge in [-0.05, 0) is 24.3 Å². The Morgan fingerprint density at radius 2 is 2.00 bits per heavy atom. The molecule has 0 aliphatic carbocycles. The van der Waals surface area contributed by atoms with Gasteiger partial charge in [-0.3, -0.25) is 4.79 Å². The lowest BCUT2D eigenvalue weighted by Gasteiger charge is -2.15. The van der Waals surface area contributed by atoms with Crippen molar-refractivity contribution < 1.29 is 14.0 Å². The second-order valence-electron chi connectivity index (χ2n) is 3.58. The summed E-state index contributed by atoms with van der Waals surface area (Å²) in [4.78, 5) is 23.6. The third-order valence-electron chi connectivity index (χ3n) is 2.49. The average molecular weight is 207 g/mol. The molecule has 2 rings (SSSR count). The van der Waals surface area contributed by atoms with E-state index in [2.05, 4.69) is 0 Å². The van der Waals surface area contributed by atoms with Crippen molar-refractivity contribution in [2.75, 3.05) is 11.4 Å². The van der Waals surface area contributed by atoms with E-state index in [-0.39, 0.29) is 24.1 Å². The van der Waals surface area contributed by atoms with Gasteiger partial charge in [0.25, 0.3) is 0 Å². The number of anilines is 1. The van der Waals surface area contributed by atoms with Crippen LogP contribution in [0.1, 0.15) is 6.42 Å². The Hall–Kier alpha value is -1.71. The number of hydrogen-bond acceptors (Lipinski definition) is 2. The molecule has 1 aromatic rings. The summed E-state index contributed by atoms with van der Waals surface area (Å²) in [5.41, 5.74) is 0.644. The highest BCUT2D eigenvalue weighted by Gasteiger charge is 2.29. The molecule has 1 fully saturated rings. The Labute approximate surface area is 86.5 Å². The highest BCUT2D eigenvalue weighted by atomic mass is 19.1. The molecule has 1 amide bonds. The van der Waals surface area contributed by atoms with Gasteiger partial charge < -0.3 is 9.69 Å². The molecule has 0 radical (unpaired) electrons. The molecule has 0 aromatic heterocycles. The van der Waals surface area contributed by atoms with Gasteiger partial charge in [0, 0.05) is 24.6 Å². The minimum atomic E-state index is -0.336. The smallest absolute Gasteiger partial charge is 0.227 e. The summed E-state index contributed by atoms with van der Waals surface area (Å²) >= 11 is 0. The van der Waals surface area contributed by atoms with Crippen molar-refractivity contribution in [3.8, 4) is 0 Å². The Morgan fingerprint density at radius 3 is 2.53 bits per heavy atom. The molecule has 0 N–H and O–H groups in total. The summed E-state index contributed by atoms with van der Waals surface area (Å²) < 4.78 is 12.7. The molecule has 1 aromatic carbocycles. The molecule has 15 heavy (non-hydrogen) atoms. The summed E-state index contributed by atoms with van der Waals surface area (Å²) in [6.07, 6.45) is 1.04. The summed E-state index contributed by atoms with van der Waals surface area (Å²) in [6.45, 7) is 0.397. The van der Waals surface area contributed by atoms with Crippen LogP contribution in [0, 0.1) is 11.7 Å². The summed E-state index contributed by atoms with van der Waals surface area (Å²) in [5, 5.41) is 0. The van der Waals surface area contributed by atoms with E-state index in [1.807, 2.05) is 0 Å². The van der Waals surface area contributed by atoms with E-state index >= 15 is 0 Å². The van der Waals surface area contributed by atoms with E-state index in [4.69, 9.17) is 0 Å². The minimum absolute atomic E-state index is 0.0845. The van der Waals surface area contributed by atoms with Crippen molar-refractivity contribution in [3.05, 3.63) is 30.1 Å². The van der Waals surface area contributed by atoms with Crippen molar-refractivity contribution >= 4 is 17.9 Å². The van der Waals surface area contributed by atoms with Crippen molar-refractivity contribution in [1.29, 1.82) is 0 Å². The molecular weight excluding hydrogens is 197 g/mol. The lowest BCUT2D eigenvalue weighted by atomic mass is 10.1. The monoisotopic (exact) mass is 207 g/mol. The van der Waals surface area contributed by atoms with Crippen molar-refractivity contribution in [1.82, 2.24) is 0 Å². The van der Waals surface area contributed by atoms with E-state index in [1.54, 1.807) is 12.1 Å². The summed E-state index contributed by atoms with van der Waals surface area (Å²) in [6, 6.07) is 5.69. The van der Waals surface area contributed by atoms with Gasteiger partial charge in [-0.15, -0.1) is 0 Å². The van der Waals surface area contributed by atoms with E-state index < -0.39 is 0 Å². The molecule has 1 heterocycles. The maximum absolute atomic E-state index is 12.7. The molecule has 1 aliphatic heterocycles. The number of rotatable bonds is 2.